The predicted molar refractivity (Wildman–Crippen MR) is 84.3 cm³/mol. The van der Waals surface area contributed by atoms with Gasteiger partial charge in [0.2, 0.25) is 0 Å². The second kappa shape index (κ2) is 6.93. The minimum absolute atomic E-state index is 0.271. The number of benzene rings is 1. The standard InChI is InChI=1S/C14H19BrN4O2/c1-4-19-14(12(21-3)8-17-19)13(18-16)10-7-9(20-2)5-6-11(10)15/h5-8,13,18H,4,16H2,1-3H3. The van der Waals surface area contributed by atoms with Crippen molar-refractivity contribution in [2.75, 3.05) is 14.2 Å². The summed E-state index contributed by atoms with van der Waals surface area (Å²) < 4.78 is 13.5. The number of hydrazine groups is 1. The molecule has 1 heterocycles. The molecule has 0 bridgehead atoms. The van der Waals surface area contributed by atoms with Gasteiger partial charge in [0.25, 0.3) is 0 Å². The van der Waals surface area contributed by atoms with Gasteiger partial charge in [-0.3, -0.25) is 10.5 Å². The van der Waals surface area contributed by atoms with Crippen LogP contribution in [-0.2, 0) is 6.54 Å². The summed E-state index contributed by atoms with van der Waals surface area (Å²) in [5.41, 5.74) is 4.66. The number of nitrogens with two attached hydrogens (primary N) is 1. The Morgan fingerprint density at radius 1 is 1.38 bits per heavy atom. The topological polar surface area (TPSA) is 74.3 Å². The van der Waals surface area contributed by atoms with E-state index in [4.69, 9.17) is 15.3 Å². The van der Waals surface area contributed by atoms with Crippen molar-refractivity contribution in [2.45, 2.75) is 19.5 Å². The Bertz CT molecular complexity index is 594. The number of hydrogen-bond acceptors (Lipinski definition) is 5. The van der Waals surface area contributed by atoms with Crippen molar-refractivity contribution < 1.29 is 9.47 Å². The highest BCUT2D eigenvalue weighted by molar-refractivity contribution is 9.10. The van der Waals surface area contributed by atoms with Crippen molar-refractivity contribution in [1.29, 1.82) is 0 Å². The molecule has 7 heteroatoms. The summed E-state index contributed by atoms with van der Waals surface area (Å²) >= 11 is 3.56. The molecule has 1 aromatic carbocycles. The average molecular weight is 355 g/mol. The van der Waals surface area contributed by atoms with Crippen molar-refractivity contribution in [1.82, 2.24) is 15.2 Å². The third-order valence-corrected chi connectivity index (χ3v) is 4.04. The normalized spacial score (nSPS) is 12.2. The van der Waals surface area contributed by atoms with Crippen LogP contribution < -0.4 is 20.7 Å². The van der Waals surface area contributed by atoms with Crippen LogP contribution in [0.15, 0.2) is 28.9 Å². The SMILES string of the molecule is CCn1ncc(OC)c1C(NN)c1cc(OC)ccc1Br. The van der Waals surface area contributed by atoms with E-state index in [1.807, 2.05) is 29.8 Å². The Hall–Kier alpha value is -1.57. The minimum Gasteiger partial charge on any atom is -0.497 e. The fourth-order valence-electron chi connectivity index (χ4n) is 2.26. The van der Waals surface area contributed by atoms with Gasteiger partial charge in [0.15, 0.2) is 5.75 Å². The number of rotatable bonds is 6. The molecule has 0 spiro atoms. The number of nitrogens with zero attached hydrogens (tertiary/aromatic N) is 2. The van der Waals surface area contributed by atoms with Crippen molar-refractivity contribution in [3.63, 3.8) is 0 Å². The van der Waals surface area contributed by atoms with E-state index in [9.17, 15) is 0 Å². The van der Waals surface area contributed by atoms with Gasteiger partial charge in [-0.2, -0.15) is 5.10 Å². The van der Waals surface area contributed by atoms with E-state index >= 15 is 0 Å². The van der Waals surface area contributed by atoms with Gasteiger partial charge in [-0.1, -0.05) is 15.9 Å². The molecule has 2 aromatic rings. The Labute approximate surface area is 132 Å². The first-order chi connectivity index (χ1) is 10.2. The zero-order chi connectivity index (χ0) is 15.4. The van der Waals surface area contributed by atoms with E-state index in [-0.39, 0.29) is 6.04 Å². The molecular formula is C14H19BrN4O2. The summed E-state index contributed by atoms with van der Waals surface area (Å²) in [6.45, 7) is 2.74. The lowest BCUT2D eigenvalue weighted by Crippen LogP contribution is -2.31. The summed E-state index contributed by atoms with van der Waals surface area (Å²) in [6.07, 6.45) is 1.69. The van der Waals surface area contributed by atoms with E-state index in [2.05, 4.69) is 26.5 Å². The molecule has 6 nitrogen and oxygen atoms in total. The molecule has 114 valence electrons. The maximum atomic E-state index is 5.80. The van der Waals surface area contributed by atoms with Crippen LogP contribution in [0.3, 0.4) is 0 Å². The third kappa shape index (κ3) is 3.04. The maximum Gasteiger partial charge on any atom is 0.161 e. The Morgan fingerprint density at radius 2 is 2.14 bits per heavy atom. The number of nitrogens with one attached hydrogen (secondary N) is 1. The summed E-state index contributed by atoms with van der Waals surface area (Å²) in [6, 6.07) is 5.47. The van der Waals surface area contributed by atoms with Crippen LogP contribution in [0, 0.1) is 0 Å². The van der Waals surface area contributed by atoms with Crippen LogP contribution in [0.25, 0.3) is 0 Å². The minimum atomic E-state index is -0.271. The summed E-state index contributed by atoms with van der Waals surface area (Å²) in [7, 11) is 3.25. The number of methoxy groups -OCH3 is 2. The fourth-order valence-corrected chi connectivity index (χ4v) is 2.74. The number of aryl methyl sites for hydroxylation is 1. The third-order valence-electron chi connectivity index (χ3n) is 3.32. The van der Waals surface area contributed by atoms with E-state index < -0.39 is 0 Å². The molecule has 21 heavy (non-hydrogen) atoms. The molecule has 1 atom stereocenters. The summed E-state index contributed by atoms with van der Waals surface area (Å²) in [5, 5.41) is 4.32. The van der Waals surface area contributed by atoms with E-state index in [0.717, 1.165) is 28.0 Å². The van der Waals surface area contributed by atoms with Crippen molar-refractivity contribution in [3.8, 4) is 11.5 Å². The van der Waals surface area contributed by atoms with E-state index in [1.165, 1.54) is 0 Å². The molecule has 2 rings (SSSR count). The zero-order valence-corrected chi connectivity index (χ0v) is 13.8. The van der Waals surface area contributed by atoms with Crippen molar-refractivity contribution >= 4 is 15.9 Å². The van der Waals surface area contributed by atoms with Crippen LogP contribution >= 0.6 is 15.9 Å². The Morgan fingerprint density at radius 3 is 2.71 bits per heavy atom. The maximum absolute atomic E-state index is 5.80. The van der Waals surface area contributed by atoms with E-state index in [0.29, 0.717) is 5.75 Å². The van der Waals surface area contributed by atoms with Crippen LogP contribution in [0.4, 0.5) is 0 Å². The van der Waals surface area contributed by atoms with Gasteiger partial charge in [-0.25, -0.2) is 5.43 Å². The smallest absolute Gasteiger partial charge is 0.161 e. The van der Waals surface area contributed by atoms with Gasteiger partial charge in [-0.15, -0.1) is 0 Å². The molecule has 3 N–H and O–H groups in total. The molecule has 0 radical (unpaired) electrons. The second-order valence-electron chi connectivity index (χ2n) is 4.40. The van der Waals surface area contributed by atoms with Gasteiger partial charge in [0, 0.05) is 11.0 Å². The van der Waals surface area contributed by atoms with Gasteiger partial charge >= 0.3 is 0 Å². The monoisotopic (exact) mass is 354 g/mol. The van der Waals surface area contributed by atoms with Crippen LogP contribution in [0.5, 0.6) is 11.5 Å². The van der Waals surface area contributed by atoms with Crippen LogP contribution in [0.1, 0.15) is 24.2 Å². The molecule has 0 aliphatic carbocycles. The van der Waals surface area contributed by atoms with Gasteiger partial charge in [0.05, 0.1) is 26.5 Å². The molecule has 0 aliphatic heterocycles. The Kier molecular flexibility index (Phi) is 5.22. The highest BCUT2D eigenvalue weighted by atomic mass is 79.9. The summed E-state index contributed by atoms with van der Waals surface area (Å²) in [4.78, 5) is 0. The number of halogens is 1. The van der Waals surface area contributed by atoms with E-state index in [1.54, 1.807) is 20.4 Å². The first-order valence-corrected chi connectivity index (χ1v) is 7.34. The molecule has 0 saturated carbocycles. The first-order valence-electron chi connectivity index (χ1n) is 6.55. The summed E-state index contributed by atoms with van der Waals surface area (Å²) in [5.74, 6) is 7.24. The number of ether oxygens (including phenoxy) is 2. The average Bonchev–Trinajstić information content (AvgIpc) is 2.92. The predicted octanol–water partition coefficient (Wildman–Crippen LogP) is 2.24. The Balaban J connectivity index is 2.56. The fraction of sp³-hybridized carbons (Fsp3) is 0.357. The molecule has 0 fully saturated rings. The lowest BCUT2D eigenvalue weighted by Gasteiger charge is -2.20. The van der Waals surface area contributed by atoms with Crippen molar-refractivity contribution in [2.24, 2.45) is 5.84 Å². The molecule has 1 unspecified atom stereocenters. The highest BCUT2D eigenvalue weighted by Gasteiger charge is 2.24. The number of aromatic nitrogens is 2. The van der Waals surface area contributed by atoms with Crippen molar-refractivity contribution in [3.05, 3.63) is 40.1 Å². The van der Waals surface area contributed by atoms with Gasteiger partial charge in [0.1, 0.15) is 11.4 Å². The lowest BCUT2D eigenvalue weighted by molar-refractivity contribution is 0.398. The largest absolute Gasteiger partial charge is 0.497 e. The molecule has 0 amide bonds. The highest BCUT2D eigenvalue weighted by Crippen LogP contribution is 2.35. The molecular weight excluding hydrogens is 336 g/mol. The lowest BCUT2D eigenvalue weighted by atomic mass is 10.0. The quantitative estimate of drug-likeness (QED) is 0.614. The van der Waals surface area contributed by atoms with Crippen LogP contribution in [-0.4, -0.2) is 24.0 Å². The number of hydrogen-bond donors (Lipinski definition) is 2. The molecule has 0 aliphatic rings. The van der Waals surface area contributed by atoms with Gasteiger partial charge in [-0.05, 0) is 30.7 Å². The molecule has 0 saturated heterocycles. The zero-order valence-electron chi connectivity index (χ0n) is 12.3. The van der Waals surface area contributed by atoms with Gasteiger partial charge < -0.3 is 9.47 Å². The molecule has 1 aromatic heterocycles. The second-order valence-corrected chi connectivity index (χ2v) is 5.26. The van der Waals surface area contributed by atoms with Crippen LogP contribution in [0.2, 0.25) is 0 Å². The first kappa shape index (κ1) is 15.8.